The predicted octanol–water partition coefficient (Wildman–Crippen LogP) is 3.50. The lowest BCUT2D eigenvalue weighted by Crippen LogP contribution is -2.34. The first-order valence-corrected chi connectivity index (χ1v) is 7.13. The molecular formula is C16H21F3N2O2. The molecule has 0 saturated carbocycles. The zero-order valence-electron chi connectivity index (χ0n) is 13.6. The number of halogens is 3. The first-order chi connectivity index (χ1) is 10.4. The van der Waals surface area contributed by atoms with Gasteiger partial charge >= 0.3 is 6.18 Å². The minimum atomic E-state index is -4.48. The molecule has 0 spiro atoms. The molecule has 0 aliphatic rings. The highest BCUT2D eigenvalue weighted by Crippen LogP contribution is 2.33. The summed E-state index contributed by atoms with van der Waals surface area (Å²) in [5.74, 6) is -0.864. The largest absolute Gasteiger partial charge is 0.416 e. The van der Waals surface area contributed by atoms with Crippen molar-refractivity contribution in [3.05, 3.63) is 29.3 Å². The highest BCUT2D eigenvalue weighted by molar-refractivity contribution is 5.94. The molecule has 0 aliphatic heterocycles. The number of carbonyl (C=O) groups excluding carboxylic acids is 2. The number of nitrogens with one attached hydrogen (secondary N) is 2. The SMILES string of the molecule is Cc1ccc(NC(=O)CNC(=O)CC(C)(C)C)cc1C(F)(F)F. The summed E-state index contributed by atoms with van der Waals surface area (Å²) in [4.78, 5) is 23.3. The molecule has 7 heteroatoms. The second-order valence-corrected chi connectivity index (χ2v) is 6.59. The molecule has 23 heavy (non-hydrogen) atoms. The van der Waals surface area contributed by atoms with Crippen molar-refractivity contribution in [1.29, 1.82) is 0 Å². The molecule has 0 radical (unpaired) electrons. The maximum absolute atomic E-state index is 12.8. The topological polar surface area (TPSA) is 58.2 Å². The zero-order valence-corrected chi connectivity index (χ0v) is 13.6. The molecule has 0 unspecified atom stereocenters. The second-order valence-electron chi connectivity index (χ2n) is 6.59. The van der Waals surface area contributed by atoms with Crippen LogP contribution in [0.1, 0.15) is 38.3 Å². The van der Waals surface area contributed by atoms with Gasteiger partial charge in [0.1, 0.15) is 0 Å². The Morgan fingerprint density at radius 1 is 1.09 bits per heavy atom. The van der Waals surface area contributed by atoms with Gasteiger partial charge in [0.15, 0.2) is 0 Å². The van der Waals surface area contributed by atoms with Crippen molar-refractivity contribution >= 4 is 17.5 Å². The van der Waals surface area contributed by atoms with Gasteiger partial charge in [0, 0.05) is 12.1 Å². The minimum Gasteiger partial charge on any atom is -0.347 e. The number of carbonyl (C=O) groups is 2. The Morgan fingerprint density at radius 2 is 1.70 bits per heavy atom. The minimum absolute atomic E-state index is 0.0398. The van der Waals surface area contributed by atoms with E-state index in [9.17, 15) is 22.8 Å². The van der Waals surface area contributed by atoms with Crippen molar-refractivity contribution in [3.8, 4) is 0 Å². The molecule has 0 heterocycles. The molecule has 1 aromatic carbocycles. The van der Waals surface area contributed by atoms with E-state index in [1.54, 1.807) is 0 Å². The van der Waals surface area contributed by atoms with Crippen LogP contribution in [0, 0.1) is 12.3 Å². The van der Waals surface area contributed by atoms with E-state index in [1.807, 2.05) is 20.8 Å². The lowest BCUT2D eigenvalue weighted by molar-refractivity contribution is -0.138. The van der Waals surface area contributed by atoms with Crippen molar-refractivity contribution in [2.75, 3.05) is 11.9 Å². The van der Waals surface area contributed by atoms with Crippen LogP contribution < -0.4 is 10.6 Å². The van der Waals surface area contributed by atoms with Crippen molar-refractivity contribution in [2.24, 2.45) is 5.41 Å². The molecule has 128 valence electrons. The van der Waals surface area contributed by atoms with Crippen molar-refractivity contribution < 1.29 is 22.8 Å². The van der Waals surface area contributed by atoms with E-state index in [-0.39, 0.29) is 35.5 Å². The van der Waals surface area contributed by atoms with Gasteiger partial charge in [-0.3, -0.25) is 9.59 Å². The van der Waals surface area contributed by atoms with Gasteiger partial charge in [0.2, 0.25) is 11.8 Å². The number of amides is 2. The molecule has 0 saturated heterocycles. The molecule has 0 atom stereocenters. The van der Waals surface area contributed by atoms with Crippen LogP contribution in [0.4, 0.5) is 18.9 Å². The Bertz CT molecular complexity index is 590. The van der Waals surface area contributed by atoms with Crippen LogP contribution in [-0.2, 0) is 15.8 Å². The van der Waals surface area contributed by atoms with E-state index in [0.717, 1.165) is 6.07 Å². The fourth-order valence-corrected chi connectivity index (χ4v) is 1.93. The van der Waals surface area contributed by atoms with Gasteiger partial charge < -0.3 is 10.6 Å². The lowest BCUT2D eigenvalue weighted by Gasteiger charge is -2.17. The number of alkyl halides is 3. The summed E-state index contributed by atoms with van der Waals surface area (Å²) >= 11 is 0. The highest BCUT2D eigenvalue weighted by Gasteiger charge is 2.32. The van der Waals surface area contributed by atoms with E-state index in [2.05, 4.69) is 10.6 Å². The van der Waals surface area contributed by atoms with E-state index in [4.69, 9.17) is 0 Å². The summed E-state index contributed by atoms with van der Waals surface area (Å²) in [5, 5.41) is 4.79. The van der Waals surface area contributed by atoms with E-state index in [1.165, 1.54) is 19.1 Å². The average Bonchev–Trinajstić information content (AvgIpc) is 2.35. The zero-order chi connectivity index (χ0) is 17.8. The van der Waals surface area contributed by atoms with Gasteiger partial charge in [0.05, 0.1) is 12.1 Å². The molecule has 0 fully saturated rings. The van der Waals surface area contributed by atoms with Gasteiger partial charge in [-0.05, 0) is 30.0 Å². The number of anilines is 1. The van der Waals surface area contributed by atoms with E-state index >= 15 is 0 Å². The summed E-state index contributed by atoms with van der Waals surface area (Å²) < 4.78 is 38.4. The first-order valence-electron chi connectivity index (χ1n) is 7.13. The summed E-state index contributed by atoms with van der Waals surface area (Å²) in [6.45, 7) is 6.72. The molecule has 2 amide bonds. The molecule has 0 aliphatic carbocycles. The fourth-order valence-electron chi connectivity index (χ4n) is 1.93. The number of aryl methyl sites for hydroxylation is 1. The third-order valence-electron chi connectivity index (χ3n) is 2.96. The molecule has 1 aromatic rings. The average molecular weight is 330 g/mol. The number of hydrogen-bond donors (Lipinski definition) is 2. The predicted molar refractivity (Wildman–Crippen MR) is 81.9 cm³/mol. The van der Waals surface area contributed by atoms with Crippen LogP contribution >= 0.6 is 0 Å². The van der Waals surface area contributed by atoms with Crippen molar-refractivity contribution in [1.82, 2.24) is 5.32 Å². The monoisotopic (exact) mass is 330 g/mol. The molecule has 2 N–H and O–H groups in total. The summed E-state index contributed by atoms with van der Waals surface area (Å²) in [5.41, 5.74) is -0.891. The molecule has 1 rings (SSSR count). The third kappa shape index (κ3) is 6.71. The normalized spacial score (nSPS) is 12.0. The van der Waals surface area contributed by atoms with E-state index < -0.39 is 17.6 Å². The van der Waals surface area contributed by atoms with Crippen LogP contribution in [0.5, 0.6) is 0 Å². The van der Waals surface area contributed by atoms with Crippen LogP contribution in [0.3, 0.4) is 0 Å². The third-order valence-corrected chi connectivity index (χ3v) is 2.96. The van der Waals surface area contributed by atoms with Crippen LogP contribution in [0.25, 0.3) is 0 Å². The van der Waals surface area contributed by atoms with Gasteiger partial charge in [0.25, 0.3) is 0 Å². The molecular weight excluding hydrogens is 309 g/mol. The lowest BCUT2D eigenvalue weighted by atomic mass is 9.92. The fraction of sp³-hybridized carbons (Fsp3) is 0.500. The number of hydrogen-bond acceptors (Lipinski definition) is 2. The Morgan fingerprint density at radius 3 is 2.22 bits per heavy atom. The maximum atomic E-state index is 12.8. The highest BCUT2D eigenvalue weighted by atomic mass is 19.4. The van der Waals surface area contributed by atoms with Gasteiger partial charge in [-0.1, -0.05) is 26.8 Å². The molecule has 4 nitrogen and oxygen atoms in total. The standard InChI is InChI=1S/C16H21F3N2O2/c1-10-5-6-11(7-12(10)16(17,18)19)21-14(23)9-20-13(22)8-15(2,3)4/h5-7H,8-9H2,1-4H3,(H,20,22)(H,21,23). The molecule has 0 bridgehead atoms. The van der Waals surface area contributed by atoms with Crippen molar-refractivity contribution in [2.45, 2.75) is 40.3 Å². The van der Waals surface area contributed by atoms with Gasteiger partial charge in [-0.2, -0.15) is 13.2 Å². The van der Waals surface area contributed by atoms with Crippen LogP contribution in [-0.4, -0.2) is 18.4 Å². The maximum Gasteiger partial charge on any atom is 0.416 e. The summed E-state index contributed by atoms with van der Waals surface area (Å²) in [6, 6.07) is 3.56. The Labute approximate surface area is 133 Å². The number of benzene rings is 1. The summed E-state index contributed by atoms with van der Waals surface area (Å²) in [7, 11) is 0. The quantitative estimate of drug-likeness (QED) is 0.888. The smallest absolute Gasteiger partial charge is 0.347 e. The Hall–Kier alpha value is -2.05. The van der Waals surface area contributed by atoms with E-state index in [0.29, 0.717) is 0 Å². The first kappa shape index (κ1) is 19.0. The summed E-state index contributed by atoms with van der Waals surface area (Å²) in [6.07, 6.45) is -4.23. The number of rotatable bonds is 4. The van der Waals surface area contributed by atoms with Crippen LogP contribution in [0.15, 0.2) is 18.2 Å². The van der Waals surface area contributed by atoms with Gasteiger partial charge in [-0.15, -0.1) is 0 Å². The Balaban J connectivity index is 2.63. The Kier molecular flexibility index (Phi) is 5.80. The van der Waals surface area contributed by atoms with Crippen LogP contribution in [0.2, 0.25) is 0 Å². The van der Waals surface area contributed by atoms with Gasteiger partial charge in [-0.25, -0.2) is 0 Å². The molecule has 0 aromatic heterocycles. The van der Waals surface area contributed by atoms with Crippen molar-refractivity contribution in [3.63, 3.8) is 0 Å². The second kappa shape index (κ2) is 7.02.